The number of aromatic nitrogens is 3. The molecule has 6 rings (SSSR count). The van der Waals surface area contributed by atoms with Gasteiger partial charge in [0.1, 0.15) is 5.69 Å². The van der Waals surface area contributed by atoms with Crippen LogP contribution in [0.15, 0.2) is 136 Å². The maximum Gasteiger partial charge on any atom is 0.202 e. The maximum absolute atomic E-state index is 6.16. The molecule has 0 fully saturated rings. The standard InChI is InChI=1S/C29H20ClN7/c30-22-15-10-18-24(19-22)33-34-27-25(20-11-4-1-5-12-20)36-37-28(27)31-26(21-13-6-2-7-14-21)29(37)35-32-23-16-8-3-9-17-23/h1-19,36H. The Morgan fingerprint density at radius 1 is 0.622 bits per heavy atom. The van der Waals surface area contributed by atoms with E-state index in [9.17, 15) is 0 Å². The lowest BCUT2D eigenvalue weighted by atomic mass is 10.1. The van der Waals surface area contributed by atoms with E-state index in [1.165, 1.54) is 0 Å². The highest BCUT2D eigenvalue weighted by atomic mass is 35.5. The average molecular weight is 502 g/mol. The van der Waals surface area contributed by atoms with E-state index in [-0.39, 0.29) is 0 Å². The maximum atomic E-state index is 6.16. The predicted octanol–water partition coefficient (Wildman–Crippen LogP) is 9.48. The van der Waals surface area contributed by atoms with Crippen LogP contribution in [0.4, 0.5) is 22.9 Å². The summed E-state index contributed by atoms with van der Waals surface area (Å²) in [6.07, 6.45) is 0. The largest absolute Gasteiger partial charge is 0.288 e. The monoisotopic (exact) mass is 501 g/mol. The molecule has 1 N–H and O–H groups in total. The van der Waals surface area contributed by atoms with Gasteiger partial charge in [0.05, 0.1) is 17.1 Å². The summed E-state index contributed by atoms with van der Waals surface area (Å²) in [4.78, 5) is 4.97. The van der Waals surface area contributed by atoms with Crippen molar-refractivity contribution in [3.63, 3.8) is 0 Å². The molecule has 0 aliphatic heterocycles. The third-order valence-electron chi connectivity index (χ3n) is 5.73. The SMILES string of the molecule is Clc1cccc(N=Nc2c(-c3ccccc3)[nH]n3c(N=Nc4ccccc4)c(-c4ccccc4)nc23)c1. The van der Waals surface area contributed by atoms with E-state index in [1.54, 1.807) is 12.1 Å². The highest BCUT2D eigenvalue weighted by molar-refractivity contribution is 6.30. The molecular formula is C29H20ClN7. The van der Waals surface area contributed by atoms with E-state index in [0.717, 1.165) is 22.5 Å². The first-order chi connectivity index (χ1) is 18.3. The number of aromatic amines is 1. The zero-order valence-electron chi connectivity index (χ0n) is 19.5. The Bertz CT molecular complexity index is 1720. The van der Waals surface area contributed by atoms with Gasteiger partial charge in [-0.15, -0.1) is 15.3 Å². The summed E-state index contributed by atoms with van der Waals surface area (Å²) in [6.45, 7) is 0. The first-order valence-corrected chi connectivity index (χ1v) is 12.0. The van der Waals surface area contributed by atoms with E-state index in [2.05, 4.69) is 25.6 Å². The summed E-state index contributed by atoms with van der Waals surface area (Å²) in [6, 6.07) is 36.7. The van der Waals surface area contributed by atoms with Crippen LogP contribution < -0.4 is 0 Å². The zero-order valence-corrected chi connectivity index (χ0v) is 20.3. The topological polar surface area (TPSA) is 82.5 Å². The second-order valence-electron chi connectivity index (χ2n) is 8.23. The first-order valence-electron chi connectivity index (χ1n) is 11.7. The molecule has 0 saturated carbocycles. The fraction of sp³-hybridized carbons (Fsp3) is 0. The van der Waals surface area contributed by atoms with Crippen LogP contribution in [0.2, 0.25) is 5.02 Å². The molecule has 6 aromatic rings. The van der Waals surface area contributed by atoms with Crippen molar-refractivity contribution in [2.75, 3.05) is 0 Å². The number of nitrogens with one attached hydrogen (secondary N) is 1. The number of azo groups is 2. The van der Waals surface area contributed by atoms with Gasteiger partial charge in [0, 0.05) is 16.1 Å². The van der Waals surface area contributed by atoms with Crippen LogP contribution in [0.1, 0.15) is 0 Å². The number of rotatable bonds is 6. The lowest BCUT2D eigenvalue weighted by Crippen LogP contribution is -1.85. The molecule has 0 spiro atoms. The van der Waals surface area contributed by atoms with Crippen LogP contribution in [0.5, 0.6) is 0 Å². The van der Waals surface area contributed by atoms with Crippen molar-refractivity contribution in [3.8, 4) is 22.5 Å². The molecular weight excluding hydrogens is 482 g/mol. The molecule has 0 atom stereocenters. The average Bonchev–Trinajstić information content (AvgIpc) is 3.48. The van der Waals surface area contributed by atoms with Crippen LogP contribution in [0.25, 0.3) is 28.2 Å². The first kappa shape index (κ1) is 22.6. The number of hydrogen-bond donors (Lipinski definition) is 1. The van der Waals surface area contributed by atoms with Gasteiger partial charge in [-0.3, -0.25) is 5.10 Å². The van der Waals surface area contributed by atoms with Crippen molar-refractivity contribution in [3.05, 3.63) is 120 Å². The van der Waals surface area contributed by atoms with Gasteiger partial charge in [-0.25, -0.2) is 9.50 Å². The van der Waals surface area contributed by atoms with E-state index in [4.69, 9.17) is 16.6 Å². The van der Waals surface area contributed by atoms with Crippen LogP contribution in [-0.4, -0.2) is 14.6 Å². The van der Waals surface area contributed by atoms with Crippen molar-refractivity contribution < 1.29 is 0 Å². The van der Waals surface area contributed by atoms with Crippen molar-refractivity contribution in [2.24, 2.45) is 20.5 Å². The van der Waals surface area contributed by atoms with E-state index in [0.29, 0.717) is 33.6 Å². The molecule has 0 unspecified atom stereocenters. The molecule has 37 heavy (non-hydrogen) atoms. The highest BCUT2D eigenvalue weighted by Crippen LogP contribution is 2.40. The summed E-state index contributed by atoms with van der Waals surface area (Å²) in [7, 11) is 0. The molecule has 0 aliphatic carbocycles. The quantitative estimate of drug-likeness (QED) is 0.226. The molecule has 7 nitrogen and oxygen atoms in total. The molecule has 8 heteroatoms. The second kappa shape index (κ2) is 10.0. The lowest BCUT2D eigenvalue weighted by molar-refractivity contribution is 0.957. The summed E-state index contributed by atoms with van der Waals surface area (Å²) in [5, 5.41) is 22.2. The third kappa shape index (κ3) is 4.68. The van der Waals surface area contributed by atoms with E-state index in [1.807, 2.05) is 108 Å². The van der Waals surface area contributed by atoms with E-state index < -0.39 is 0 Å². The van der Waals surface area contributed by atoms with Crippen LogP contribution >= 0.6 is 11.6 Å². The Hall–Kier alpha value is -4.88. The Kier molecular flexibility index (Phi) is 6.10. The second-order valence-corrected chi connectivity index (χ2v) is 8.66. The zero-order chi connectivity index (χ0) is 25.0. The number of fused-ring (bicyclic) bond motifs is 1. The summed E-state index contributed by atoms with van der Waals surface area (Å²) < 4.78 is 1.81. The van der Waals surface area contributed by atoms with Gasteiger partial charge >= 0.3 is 0 Å². The minimum absolute atomic E-state index is 0.562. The molecule has 0 radical (unpaired) electrons. The van der Waals surface area contributed by atoms with Gasteiger partial charge in [-0.2, -0.15) is 5.11 Å². The van der Waals surface area contributed by atoms with Crippen LogP contribution in [-0.2, 0) is 0 Å². The summed E-state index contributed by atoms with van der Waals surface area (Å²) in [5.41, 5.74) is 5.88. The molecule has 0 saturated heterocycles. The summed E-state index contributed by atoms with van der Waals surface area (Å²) >= 11 is 6.16. The number of imidazole rings is 1. The van der Waals surface area contributed by atoms with Crippen molar-refractivity contribution >= 4 is 40.1 Å². The minimum atomic E-state index is 0.562. The highest BCUT2D eigenvalue weighted by Gasteiger charge is 2.22. The van der Waals surface area contributed by atoms with Crippen molar-refractivity contribution in [1.82, 2.24) is 14.6 Å². The number of H-pyrrole nitrogens is 1. The van der Waals surface area contributed by atoms with Crippen molar-refractivity contribution in [2.45, 2.75) is 0 Å². The fourth-order valence-electron chi connectivity index (χ4n) is 3.98. The third-order valence-corrected chi connectivity index (χ3v) is 5.96. The smallest absolute Gasteiger partial charge is 0.202 e. The van der Waals surface area contributed by atoms with Gasteiger partial charge in [-0.1, -0.05) is 96.5 Å². The molecule has 0 amide bonds. The van der Waals surface area contributed by atoms with Crippen LogP contribution in [0, 0.1) is 0 Å². The van der Waals surface area contributed by atoms with Crippen LogP contribution in [0.3, 0.4) is 0 Å². The Morgan fingerprint density at radius 3 is 1.95 bits per heavy atom. The Morgan fingerprint density at radius 2 is 1.24 bits per heavy atom. The molecule has 178 valence electrons. The van der Waals surface area contributed by atoms with Gasteiger partial charge in [0.2, 0.25) is 5.82 Å². The Labute approximate surface area is 217 Å². The Balaban J connectivity index is 1.57. The fourth-order valence-corrected chi connectivity index (χ4v) is 4.17. The molecule has 0 bridgehead atoms. The number of nitrogens with zero attached hydrogens (tertiary/aromatic N) is 6. The molecule has 4 aromatic carbocycles. The number of halogens is 1. The van der Waals surface area contributed by atoms with Gasteiger partial charge in [-0.05, 0) is 30.3 Å². The molecule has 2 aromatic heterocycles. The molecule has 0 aliphatic rings. The van der Waals surface area contributed by atoms with Gasteiger partial charge in [0.25, 0.3) is 0 Å². The minimum Gasteiger partial charge on any atom is -0.288 e. The lowest BCUT2D eigenvalue weighted by Gasteiger charge is -2.01. The normalized spacial score (nSPS) is 11.7. The predicted molar refractivity (Wildman–Crippen MR) is 147 cm³/mol. The van der Waals surface area contributed by atoms with Gasteiger partial charge < -0.3 is 0 Å². The number of hydrogen-bond acceptors (Lipinski definition) is 5. The van der Waals surface area contributed by atoms with Crippen molar-refractivity contribution in [1.29, 1.82) is 0 Å². The number of benzene rings is 4. The van der Waals surface area contributed by atoms with Gasteiger partial charge in [0.15, 0.2) is 11.3 Å². The van der Waals surface area contributed by atoms with E-state index >= 15 is 0 Å². The molecule has 2 heterocycles. The summed E-state index contributed by atoms with van der Waals surface area (Å²) in [5.74, 6) is 0.562.